The van der Waals surface area contributed by atoms with Crippen LogP contribution in [0.15, 0.2) is 18.2 Å². The topological polar surface area (TPSA) is 35.5 Å². The molecule has 1 aromatic rings. The maximum Gasteiger partial charge on any atom is 0.373 e. The van der Waals surface area contributed by atoms with Crippen LogP contribution in [0.1, 0.15) is 34.8 Å². The van der Waals surface area contributed by atoms with Crippen molar-refractivity contribution in [3.63, 3.8) is 0 Å². The van der Waals surface area contributed by atoms with Crippen LogP contribution in [0.4, 0.5) is 0 Å². The van der Waals surface area contributed by atoms with E-state index in [1.807, 2.05) is 32.9 Å². The zero-order valence-corrected chi connectivity index (χ0v) is 9.37. The molecular weight excluding hydrogens is 192 g/mol. The van der Waals surface area contributed by atoms with Crippen molar-refractivity contribution in [1.29, 1.82) is 0 Å². The molecule has 0 aromatic heterocycles. The second-order valence-electron chi connectivity index (χ2n) is 3.51. The Balaban J connectivity index is 2.68. The van der Waals surface area contributed by atoms with E-state index in [9.17, 15) is 4.79 Å². The average molecular weight is 208 g/mol. The minimum Gasteiger partial charge on any atom is -0.293 e. The molecule has 0 amide bonds. The summed E-state index contributed by atoms with van der Waals surface area (Å²) in [5.41, 5.74) is 2.49. The van der Waals surface area contributed by atoms with E-state index in [4.69, 9.17) is 4.89 Å². The van der Waals surface area contributed by atoms with E-state index in [0.717, 1.165) is 17.5 Å². The molecule has 0 saturated heterocycles. The summed E-state index contributed by atoms with van der Waals surface area (Å²) in [6.07, 6.45) is 0.820. The normalized spacial score (nSPS) is 10.1. The highest BCUT2D eigenvalue weighted by molar-refractivity contribution is 5.90. The second kappa shape index (κ2) is 5.51. The van der Waals surface area contributed by atoms with Crippen LogP contribution in [0, 0.1) is 13.8 Å². The van der Waals surface area contributed by atoms with Crippen molar-refractivity contribution in [2.75, 3.05) is 6.61 Å². The maximum absolute atomic E-state index is 11.5. The Morgan fingerprint density at radius 1 is 1.33 bits per heavy atom. The van der Waals surface area contributed by atoms with Crippen LogP contribution in [-0.4, -0.2) is 12.6 Å². The second-order valence-corrected chi connectivity index (χ2v) is 3.51. The molecule has 0 fully saturated rings. The highest BCUT2D eigenvalue weighted by atomic mass is 17.2. The molecular formula is C12H16O3. The first-order valence-corrected chi connectivity index (χ1v) is 5.06. The molecule has 3 heteroatoms. The largest absolute Gasteiger partial charge is 0.373 e. The molecule has 0 saturated carbocycles. The lowest BCUT2D eigenvalue weighted by Gasteiger charge is -2.05. The van der Waals surface area contributed by atoms with Gasteiger partial charge in [0.25, 0.3) is 0 Å². The quantitative estimate of drug-likeness (QED) is 0.433. The van der Waals surface area contributed by atoms with Gasteiger partial charge in [-0.1, -0.05) is 24.6 Å². The van der Waals surface area contributed by atoms with Gasteiger partial charge in [0.2, 0.25) is 0 Å². The number of aryl methyl sites for hydroxylation is 2. The van der Waals surface area contributed by atoms with Crippen molar-refractivity contribution in [3.8, 4) is 0 Å². The zero-order valence-electron chi connectivity index (χ0n) is 9.37. The van der Waals surface area contributed by atoms with E-state index < -0.39 is 5.97 Å². The summed E-state index contributed by atoms with van der Waals surface area (Å²) in [5, 5.41) is 0. The molecule has 3 nitrogen and oxygen atoms in total. The van der Waals surface area contributed by atoms with Gasteiger partial charge in [-0.05, 0) is 31.9 Å². The minimum atomic E-state index is -0.426. The third kappa shape index (κ3) is 3.36. The molecule has 0 bridgehead atoms. The standard InChI is InChI=1S/C12H16O3/c1-4-7-14-15-12(13)11-8-9(2)5-6-10(11)3/h5-6,8H,4,7H2,1-3H3. The van der Waals surface area contributed by atoms with Crippen molar-refractivity contribution >= 4 is 5.97 Å². The fourth-order valence-corrected chi connectivity index (χ4v) is 1.18. The number of carbonyl (C=O) groups excluding carboxylic acids is 1. The first-order valence-electron chi connectivity index (χ1n) is 5.06. The molecule has 1 rings (SSSR count). The van der Waals surface area contributed by atoms with E-state index in [0.29, 0.717) is 12.2 Å². The van der Waals surface area contributed by atoms with Gasteiger partial charge in [0.15, 0.2) is 0 Å². The number of benzene rings is 1. The summed E-state index contributed by atoms with van der Waals surface area (Å²) < 4.78 is 0. The van der Waals surface area contributed by atoms with Gasteiger partial charge in [0.1, 0.15) is 0 Å². The van der Waals surface area contributed by atoms with Gasteiger partial charge in [0.05, 0.1) is 12.2 Å². The lowest BCUT2D eigenvalue weighted by atomic mass is 10.1. The van der Waals surface area contributed by atoms with Gasteiger partial charge in [0, 0.05) is 0 Å². The van der Waals surface area contributed by atoms with Gasteiger partial charge < -0.3 is 0 Å². The Bertz CT molecular complexity index is 345. The summed E-state index contributed by atoms with van der Waals surface area (Å²) in [6.45, 7) is 6.18. The van der Waals surface area contributed by atoms with Crippen LogP contribution in [0.5, 0.6) is 0 Å². The molecule has 0 spiro atoms. The van der Waals surface area contributed by atoms with Crippen LogP contribution in [-0.2, 0) is 9.78 Å². The monoisotopic (exact) mass is 208 g/mol. The molecule has 0 atom stereocenters. The van der Waals surface area contributed by atoms with Gasteiger partial charge in [-0.25, -0.2) is 4.79 Å². The molecule has 15 heavy (non-hydrogen) atoms. The van der Waals surface area contributed by atoms with Crippen molar-refractivity contribution in [1.82, 2.24) is 0 Å². The molecule has 82 valence electrons. The van der Waals surface area contributed by atoms with Crippen molar-refractivity contribution < 1.29 is 14.6 Å². The zero-order chi connectivity index (χ0) is 11.3. The third-order valence-corrected chi connectivity index (χ3v) is 2.04. The number of hydrogen-bond acceptors (Lipinski definition) is 3. The highest BCUT2D eigenvalue weighted by Gasteiger charge is 2.11. The Morgan fingerprint density at radius 3 is 2.73 bits per heavy atom. The summed E-state index contributed by atoms with van der Waals surface area (Å²) in [7, 11) is 0. The molecule has 1 aromatic carbocycles. The predicted octanol–water partition coefficient (Wildman–Crippen LogP) is 2.80. The molecule has 0 aliphatic carbocycles. The molecule has 0 aliphatic rings. The smallest absolute Gasteiger partial charge is 0.293 e. The van der Waals surface area contributed by atoms with Gasteiger partial charge in [-0.2, -0.15) is 4.89 Å². The Kier molecular flexibility index (Phi) is 4.31. The van der Waals surface area contributed by atoms with Gasteiger partial charge in [-0.3, -0.25) is 4.89 Å². The molecule has 0 unspecified atom stereocenters. The van der Waals surface area contributed by atoms with Crippen LogP contribution in [0.3, 0.4) is 0 Å². The lowest BCUT2D eigenvalue weighted by Crippen LogP contribution is -2.08. The molecule has 0 aliphatic heterocycles. The van der Waals surface area contributed by atoms with E-state index in [1.54, 1.807) is 6.07 Å². The first kappa shape index (κ1) is 11.7. The van der Waals surface area contributed by atoms with E-state index in [1.165, 1.54) is 0 Å². The van der Waals surface area contributed by atoms with Crippen LogP contribution < -0.4 is 0 Å². The summed E-state index contributed by atoms with van der Waals surface area (Å²) in [4.78, 5) is 21.0. The Labute approximate surface area is 89.9 Å². The Morgan fingerprint density at radius 2 is 2.07 bits per heavy atom. The van der Waals surface area contributed by atoms with E-state index in [2.05, 4.69) is 4.89 Å². The fourth-order valence-electron chi connectivity index (χ4n) is 1.18. The van der Waals surface area contributed by atoms with Crippen molar-refractivity contribution in [2.45, 2.75) is 27.2 Å². The third-order valence-electron chi connectivity index (χ3n) is 2.04. The van der Waals surface area contributed by atoms with Gasteiger partial charge in [-0.15, -0.1) is 0 Å². The number of carbonyl (C=O) groups is 1. The van der Waals surface area contributed by atoms with E-state index in [-0.39, 0.29) is 0 Å². The number of rotatable bonds is 4. The average Bonchev–Trinajstić information content (AvgIpc) is 2.22. The van der Waals surface area contributed by atoms with Crippen LogP contribution >= 0.6 is 0 Å². The first-order chi connectivity index (χ1) is 7.15. The Hall–Kier alpha value is -1.35. The predicted molar refractivity (Wildman–Crippen MR) is 57.6 cm³/mol. The highest BCUT2D eigenvalue weighted by Crippen LogP contribution is 2.12. The lowest BCUT2D eigenvalue weighted by molar-refractivity contribution is -0.240. The maximum atomic E-state index is 11.5. The van der Waals surface area contributed by atoms with Gasteiger partial charge >= 0.3 is 5.97 Å². The van der Waals surface area contributed by atoms with Crippen molar-refractivity contribution in [2.24, 2.45) is 0 Å². The van der Waals surface area contributed by atoms with Crippen molar-refractivity contribution in [3.05, 3.63) is 34.9 Å². The molecule has 0 N–H and O–H groups in total. The fraction of sp³-hybridized carbons (Fsp3) is 0.417. The number of hydrogen-bond donors (Lipinski definition) is 0. The SMILES string of the molecule is CCCOOC(=O)c1cc(C)ccc1C. The van der Waals surface area contributed by atoms with Crippen LogP contribution in [0.25, 0.3) is 0 Å². The minimum absolute atomic E-state index is 0.426. The summed E-state index contributed by atoms with van der Waals surface area (Å²) in [6, 6.07) is 5.65. The molecule has 0 heterocycles. The molecule has 0 radical (unpaired) electrons. The summed E-state index contributed by atoms with van der Waals surface area (Å²) >= 11 is 0. The van der Waals surface area contributed by atoms with Crippen LogP contribution in [0.2, 0.25) is 0 Å². The van der Waals surface area contributed by atoms with E-state index >= 15 is 0 Å². The summed E-state index contributed by atoms with van der Waals surface area (Å²) in [5.74, 6) is -0.426.